The zero-order chi connectivity index (χ0) is 15.7. The molecule has 5 heteroatoms. The zero-order valence-corrected chi connectivity index (χ0v) is 13.1. The van der Waals surface area contributed by atoms with Gasteiger partial charge in [-0.3, -0.25) is 4.90 Å². The van der Waals surface area contributed by atoms with Gasteiger partial charge in [-0.25, -0.2) is 8.78 Å². The van der Waals surface area contributed by atoms with E-state index in [1.54, 1.807) is 12.1 Å². The van der Waals surface area contributed by atoms with Crippen LogP contribution in [0.2, 0.25) is 0 Å². The maximum absolute atomic E-state index is 13.9. The van der Waals surface area contributed by atoms with Gasteiger partial charge in [-0.2, -0.15) is 0 Å². The number of fused-ring (bicyclic) bond motifs is 1. The zero-order valence-electron chi connectivity index (χ0n) is 13.1. The van der Waals surface area contributed by atoms with E-state index in [1.165, 1.54) is 0 Å². The first-order chi connectivity index (χ1) is 10.6. The molecule has 1 aromatic carbocycles. The average Bonchev–Trinajstić information content (AvgIpc) is 2.53. The van der Waals surface area contributed by atoms with Crippen molar-refractivity contribution in [1.29, 1.82) is 0 Å². The minimum atomic E-state index is -0.783. The van der Waals surface area contributed by atoms with Gasteiger partial charge in [0.2, 0.25) is 0 Å². The van der Waals surface area contributed by atoms with Crippen molar-refractivity contribution >= 4 is 0 Å². The van der Waals surface area contributed by atoms with Gasteiger partial charge in [0.1, 0.15) is 0 Å². The van der Waals surface area contributed by atoms with Crippen LogP contribution >= 0.6 is 0 Å². The summed E-state index contributed by atoms with van der Waals surface area (Å²) in [4.78, 5) is 4.49. The third kappa shape index (κ3) is 2.77. The van der Waals surface area contributed by atoms with Crippen LogP contribution in [0.15, 0.2) is 18.2 Å². The van der Waals surface area contributed by atoms with Crippen molar-refractivity contribution < 1.29 is 13.9 Å². The van der Waals surface area contributed by atoms with E-state index in [9.17, 15) is 13.9 Å². The van der Waals surface area contributed by atoms with Crippen molar-refractivity contribution in [1.82, 2.24) is 9.80 Å². The Morgan fingerprint density at radius 1 is 1.27 bits per heavy atom. The number of likely N-dealkylation sites (N-methyl/N-ethyl adjacent to an activating group) is 1. The van der Waals surface area contributed by atoms with Crippen molar-refractivity contribution in [2.24, 2.45) is 5.41 Å². The van der Waals surface area contributed by atoms with Gasteiger partial charge in [-0.15, -0.1) is 0 Å². The first-order valence-electron chi connectivity index (χ1n) is 8.02. The SMILES string of the molecule is CN1CCC[C@]2(CO)CCN(Cc3cccc(F)c3F)C[C@@H]12. The average molecular weight is 310 g/mol. The van der Waals surface area contributed by atoms with Crippen LogP contribution in [0.25, 0.3) is 0 Å². The van der Waals surface area contributed by atoms with Crippen molar-refractivity contribution in [3.63, 3.8) is 0 Å². The summed E-state index contributed by atoms with van der Waals surface area (Å²) >= 11 is 0. The van der Waals surface area contributed by atoms with Crippen LogP contribution in [-0.4, -0.2) is 54.2 Å². The molecule has 0 amide bonds. The topological polar surface area (TPSA) is 26.7 Å². The molecule has 2 heterocycles. The molecule has 0 radical (unpaired) electrons. The molecule has 2 aliphatic heterocycles. The molecule has 2 fully saturated rings. The van der Waals surface area contributed by atoms with E-state index in [4.69, 9.17) is 0 Å². The molecule has 122 valence electrons. The van der Waals surface area contributed by atoms with Crippen LogP contribution in [-0.2, 0) is 6.54 Å². The van der Waals surface area contributed by atoms with Crippen LogP contribution in [0.4, 0.5) is 8.78 Å². The van der Waals surface area contributed by atoms with Crippen LogP contribution in [0, 0.1) is 17.0 Å². The maximum atomic E-state index is 13.9. The van der Waals surface area contributed by atoms with Gasteiger partial charge >= 0.3 is 0 Å². The molecule has 22 heavy (non-hydrogen) atoms. The summed E-state index contributed by atoms with van der Waals surface area (Å²) in [6.07, 6.45) is 3.09. The Morgan fingerprint density at radius 2 is 2.09 bits per heavy atom. The quantitative estimate of drug-likeness (QED) is 0.927. The summed E-state index contributed by atoms with van der Waals surface area (Å²) in [5, 5.41) is 9.90. The molecule has 2 atom stereocenters. The van der Waals surface area contributed by atoms with Gasteiger partial charge in [0.15, 0.2) is 11.6 Å². The molecule has 0 bridgehead atoms. The van der Waals surface area contributed by atoms with Crippen molar-refractivity contribution in [2.45, 2.75) is 31.8 Å². The Kier molecular flexibility index (Phi) is 4.48. The highest BCUT2D eigenvalue weighted by molar-refractivity contribution is 5.19. The van der Waals surface area contributed by atoms with Crippen LogP contribution in [0.1, 0.15) is 24.8 Å². The molecule has 1 aromatic rings. The van der Waals surface area contributed by atoms with E-state index >= 15 is 0 Å². The summed E-state index contributed by atoms with van der Waals surface area (Å²) < 4.78 is 27.2. The molecule has 0 saturated carbocycles. The predicted molar refractivity (Wildman–Crippen MR) is 81.4 cm³/mol. The third-order valence-electron chi connectivity index (χ3n) is 5.52. The summed E-state index contributed by atoms with van der Waals surface area (Å²) in [5.41, 5.74) is 0.388. The Balaban J connectivity index is 1.74. The number of aliphatic hydroxyl groups excluding tert-OH is 1. The van der Waals surface area contributed by atoms with Crippen LogP contribution in [0.5, 0.6) is 0 Å². The number of hydrogen-bond donors (Lipinski definition) is 1. The molecular formula is C17H24F2N2O. The minimum Gasteiger partial charge on any atom is -0.396 e. The number of halogens is 2. The highest BCUT2D eigenvalue weighted by Gasteiger charge is 2.46. The van der Waals surface area contributed by atoms with Gasteiger partial charge < -0.3 is 10.0 Å². The lowest BCUT2D eigenvalue weighted by atomic mass is 9.69. The lowest BCUT2D eigenvalue weighted by Gasteiger charge is -2.53. The Bertz CT molecular complexity index is 539. The second kappa shape index (κ2) is 6.22. The Labute approximate surface area is 130 Å². The van der Waals surface area contributed by atoms with Crippen LogP contribution in [0.3, 0.4) is 0 Å². The van der Waals surface area contributed by atoms with E-state index in [0.717, 1.165) is 45.0 Å². The second-order valence-electron chi connectivity index (χ2n) is 6.82. The standard InChI is InChI=1S/C17H24F2N2O/c1-20-8-3-6-17(12-22)7-9-21(11-15(17)20)10-13-4-2-5-14(18)16(13)19/h2,4-5,15,22H,3,6-12H2,1H3/t15-,17-/m1/s1. The van der Waals surface area contributed by atoms with E-state index < -0.39 is 11.6 Å². The summed E-state index contributed by atoms with van der Waals surface area (Å²) in [5.74, 6) is -1.52. The minimum absolute atomic E-state index is 0.0238. The number of benzene rings is 1. The van der Waals surface area contributed by atoms with Crippen LogP contribution < -0.4 is 0 Å². The number of nitrogens with zero attached hydrogens (tertiary/aromatic N) is 2. The van der Waals surface area contributed by atoms with Gasteiger partial charge in [-0.1, -0.05) is 12.1 Å². The fraction of sp³-hybridized carbons (Fsp3) is 0.647. The Hall–Kier alpha value is -1.04. The fourth-order valence-corrected chi connectivity index (χ4v) is 4.13. The molecule has 1 N–H and O–H groups in total. The molecule has 3 nitrogen and oxygen atoms in total. The molecule has 3 rings (SSSR count). The predicted octanol–water partition coefficient (Wildman–Crippen LogP) is 2.24. The summed E-state index contributed by atoms with van der Waals surface area (Å²) in [7, 11) is 2.10. The van der Waals surface area contributed by atoms with Crippen molar-refractivity contribution in [2.75, 3.05) is 33.3 Å². The molecule has 2 aliphatic rings. The number of likely N-dealkylation sites (tertiary alicyclic amines) is 2. The molecule has 2 saturated heterocycles. The van der Waals surface area contributed by atoms with Gasteiger partial charge in [0.05, 0.1) is 6.61 Å². The maximum Gasteiger partial charge on any atom is 0.163 e. The molecule has 0 spiro atoms. The largest absolute Gasteiger partial charge is 0.396 e. The summed E-state index contributed by atoms with van der Waals surface area (Å²) in [6, 6.07) is 4.65. The van der Waals surface area contributed by atoms with E-state index in [0.29, 0.717) is 12.1 Å². The molecule has 0 unspecified atom stereocenters. The van der Waals surface area contributed by atoms with Gasteiger partial charge in [-0.05, 0) is 45.5 Å². The van der Waals surface area contributed by atoms with Gasteiger partial charge in [0, 0.05) is 30.1 Å². The first kappa shape index (κ1) is 15.8. The summed E-state index contributed by atoms with van der Waals surface area (Å²) in [6.45, 7) is 3.29. The number of aliphatic hydroxyl groups is 1. The smallest absolute Gasteiger partial charge is 0.163 e. The molecular weight excluding hydrogens is 286 g/mol. The lowest BCUT2D eigenvalue weighted by molar-refractivity contribution is -0.0686. The Morgan fingerprint density at radius 3 is 2.86 bits per heavy atom. The van der Waals surface area contributed by atoms with Crippen molar-refractivity contribution in [3.05, 3.63) is 35.4 Å². The van der Waals surface area contributed by atoms with E-state index in [-0.39, 0.29) is 18.1 Å². The fourth-order valence-electron chi connectivity index (χ4n) is 4.13. The monoisotopic (exact) mass is 310 g/mol. The second-order valence-corrected chi connectivity index (χ2v) is 6.82. The first-order valence-corrected chi connectivity index (χ1v) is 8.02. The number of hydrogen-bond acceptors (Lipinski definition) is 3. The lowest BCUT2D eigenvalue weighted by Crippen LogP contribution is -2.61. The third-order valence-corrected chi connectivity index (χ3v) is 5.52. The molecule has 0 aromatic heterocycles. The number of piperidine rings is 2. The van der Waals surface area contributed by atoms with Gasteiger partial charge in [0.25, 0.3) is 0 Å². The highest BCUT2D eigenvalue weighted by atomic mass is 19.2. The van der Waals surface area contributed by atoms with Crippen molar-refractivity contribution in [3.8, 4) is 0 Å². The van der Waals surface area contributed by atoms with E-state index in [2.05, 4.69) is 16.8 Å². The normalized spacial score (nSPS) is 30.3. The molecule has 0 aliphatic carbocycles. The highest BCUT2D eigenvalue weighted by Crippen LogP contribution is 2.41. The number of rotatable bonds is 3. The van der Waals surface area contributed by atoms with E-state index in [1.807, 2.05) is 0 Å².